The summed E-state index contributed by atoms with van der Waals surface area (Å²) in [5.41, 5.74) is 7.23. The fraction of sp³-hybridized carbons (Fsp3) is 0.625. The van der Waals surface area contributed by atoms with Gasteiger partial charge in [0, 0.05) is 19.1 Å². The maximum Gasteiger partial charge on any atom is 0.146 e. The van der Waals surface area contributed by atoms with Crippen molar-refractivity contribution >= 4 is 5.69 Å². The van der Waals surface area contributed by atoms with Gasteiger partial charge in [-0.25, -0.2) is 4.39 Å². The summed E-state index contributed by atoms with van der Waals surface area (Å²) >= 11 is 0. The summed E-state index contributed by atoms with van der Waals surface area (Å²) in [5.74, 6) is -0.115. The molecule has 1 aromatic carbocycles. The van der Waals surface area contributed by atoms with Crippen molar-refractivity contribution in [2.45, 2.75) is 32.7 Å². The molecule has 0 spiro atoms. The highest BCUT2D eigenvalue weighted by Gasteiger charge is 2.27. The molecule has 3 nitrogen and oxygen atoms in total. The highest BCUT2D eigenvalue weighted by Crippen LogP contribution is 2.26. The molecule has 0 aromatic heterocycles. The number of nitrogens with zero attached hydrogens (tertiary/aromatic N) is 2. The molecule has 1 unspecified atom stereocenters. The Morgan fingerprint density at radius 1 is 1.35 bits per heavy atom. The molecule has 1 aliphatic rings. The van der Waals surface area contributed by atoms with Crippen LogP contribution in [0.3, 0.4) is 0 Å². The van der Waals surface area contributed by atoms with Gasteiger partial charge in [-0.15, -0.1) is 0 Å². The van der Waals surface area contributed by atoms with E-state index in [4.69, 9.17) is 5.73 Å². The first-order valence-corrected chi connectivity index (χ1v) is 7.67. The van der Waals surface area contributed by atoms with Gasteiger partial charge in [0.15, 0.2) is 0 Å². The maximum absolute atomic E-state index is 14.2. The zero-order valence-electron chi connectivity index (χ0n) is 12.6. The standard InChI is InChI=1S/C16H26FN3/c1-3-19(4-2)14-8-10-20(12-14)16-6-5-13(7-9-18)11-15(16)17/h5-6,11,14H,3-4,7-10,12,18H2,1-2H3. The Labute approximate surface area is 121 Å². The quantitative estimate of drug-likeness (QED) is 0.867. The Morgan fingerprint density at radius 2 is 2.10 bits per heavy atom. The van der Waals surface area contributed by atoms with Crippen LogP contribution in [0.25, 0.3) is 0 Å². The van der Waals surface area contributed by atoms with Crippen molar-refractivity contribution < 1.29 is 4.39 Å². The van der Waals surface area contributed by atoms with Crippen LogP contribution < -0.4 is 10.6 Å². The van der Waals surface area contributed by atoms with Gasteiger partial charge in [0.1, 0.15) is 5.82 Å². The molecule has 1 fully saturated rings. The van der Waals surface area contributed by atoms with E-state index < -0.39 is 0 Å². The fourth-order valence-electron chi connectivity index (χ4n) is 3.13. The van der Waals surface area contributed by atoms with E-state index in [1.54, 1.807) is 6.07 Å². The molecule has 0 aliphatic carbocycles. The summed E-state index contributed by atoms with van der Waals surface area (Å²) < 4.78 is 14.2. The smallest absolute Gasteiger partial charge is 0.146 e. The van der Waals surface area contributed by atoms with Crippen LogP contribution in [0.2, 0.25) is 0 Å². The van der Waals surface area contributed by atoms with E-state index >= 15 is 0 Å². The lowest BCUT2D eigenvalue weighted by Gasteiger charge is -2.26. The predicted molar refractivity (Wildman–Crippen MR) is 82.7 cm³/mol. The monoisotopic (exact) mass is 279 g/mol. The van der Waals surface area contributed by atoms with E-state index in [-0.39, 0.29) is 5.82 Å². The zero-order valence-corrected chi connectivity index (χ0v) is 12.6. The van der Waals surface area contributed by atoms with Crippen molar-refractivity contribution in [3.05, 3.63) is 29.6 Å². The number of rotatable bonds is 6. The first-order valence-electron chi connectivity index (χ1n) is 7.67. The molecule has 0 amide bonds. The number of hydrogen-bond donors (Lipinski definition) is 1. The lowest BCUT2D eigenvalue weighted by atomic mass is 10.1. The topological polar surface area (TPSA) is 32.5 Å². The SMILES string of the molecule is CCN(CC)C1CCN(c2ccc(CCN)cc2F)C1. The van der Waals surface area contributed by atoms with Gasteiger partial charge in [0.25, 0.3) is 0 Å². The van der Waals surface area contributed by atoms with Gasteiger partial charge in [0.2, 0.25) is 0 Å². The third kappa shape index (κ3) is 3.30. The molecule has 4 heteroatoms. The third-order valence-corrected chi connectivity index (χ3v) is 4.28. The minimum atomic E-state index is -0.115. The Morgan fingerprint density at radius 3 is 2.70 bits per heavy atom. The first-order chi connectivity index (χ1) is 9.69. The van der Waals surface area contributed by atoms with Crippen molar-refractivity contribution in [3.8, 4) is 0 Å². The molecule has 0 saturated carbocycles. The van der Waals surface area contributed by atoms with Crippen molar-refractivity contribution in [2.75, 3.05) is 37.6 Å². The van der Waals surface area contributed by atoms with Crippen LogP contribution in [-0.2, 0) is 6.42 Å². The van der Waals surface area contributed by atoms with Gasteiger partial charge in [-0.2, -0.15) is 0 Å². The molecule has 1 atom stereocenters. The zero-order chi connectivity index (χ0) is 14.5. The van der Waals surface area contributed by atoms with Gasteiger partial charge < -0.3 is 10.6 Å². The van der Waals surface area contributed by atoms with Gasteiger partial charge in [-0.05, 0) is 50.2 Å². The van der Waals surface area contributed by atoms with E-state index in [2.05, 4.69) is 23.6 Å². The molecule has 0 bridgehead atoms. The average molecular weight is 279 g/mol. The van der Waals surface area contributed by atoms with Gasteiger partial charge in [-0.3, -0.25) is 4.90 Å². The molecule has 2 N–H and O–H groups in total. The number of nitrogens with two attached hydrogens (primary N) is 1. The Balaban J connectivity index is 2.06. The average Bonchev–Trinajstić information content (AvgIpc) is 2.90. The van der Waals surface area contributed by atoms with Crippen molar-refractivity contribution in [3.63, 3.8) is 0 Å². The molecule has 1 heterocycles. The number of hydrogen-bond acceptors (Lipinski definition) is 3. The molecule has 112 valence electrons. The maximum atomic E-state index is 14.2. The molecular formula is C16H26FN3. The summed E-state index contributed by atoms with van der Waals surface area (Å²) in [6.45, 7) is 8.93. The Kier molecular flexibility index (Phi) is 5.38. The lowest BCUT2D eigenvalue weighted by Crippen LogP contribution is -2.37. The summed E-state index contributed by atoms with van der Waals surface area (Å²) in [5, 5.41) is 0. The van der Waals surface area contributed by atoms with Crippen molar-refractivity contribution in [2.24, 2.45) is 5.73 Å². The Hall–Kier alpha value is -1.13. The normalized spacial score (nSPS) is 19.1. The second-order valence-corrected chi connectivity index (χ2v) is 5.43. The highest BCUT2D eigenvalue weighted by molar-refractivity contribution is 5.50. The molecule has 1 aromatic rings. The second kappa shape index (κ2) is 7.04. The third-order valence-electron chi connectivity index (χ3n) is 4.28. The molecular weight excluding hydrogens is 253 g/mol. The van der Waals surface area contributed by atoms with Crippen LogP contribution in [0, 0.1) is 5.82 Å². The molecule has 20 heavy (non-hydrogen) atoms. The van der Waals surface area contributed by atoms with E-state index in [9.17, 15) is 4.39 Å². The van der Waals surface area contributed by atoms with Gasteiger partial charge >= 0.3 is 0 Å². The van der Waals surface area contributed by atoms with Gasteiger partial charge in [0.05, 0.1) is 5.69 Å². The van der Waals surface area contributed by atoms with Crippen LogP contribution >= 0.6 is 0 Å². The van der Waals surface area contributed by atoms with Crippen molar-refractivity contribution in [1.82, 2.24) is 4.90 Å². The first kappa shape index (κ1) is 15.3. The number of benzene rings is 1. The second-order valence-electron chi connectivity index (χ2n) is 5.43. The summed E-state index contributed by atoms with van der Waals surface area (Å²) in [7, 11) is 0. The predicted octanol–water partition coefficient (Wildman–Crippen LogP) is 2.25. The fourth-order valence-corrected chi connectivity index (χ4v) is 3.13. The highest BCUT2D eigenvalue weighted by atomic mass is 19.1. The van der Waals surface area contributed by atoms with E-state index in [1.165, 1.54) is 0 Å². The van der Waals surface area contributed by atoms with Gasteiger partial charge in [-0.1, -0.05) is 19.9 Å². The Bertz CT molecular complexity index is 432. The van der Waals surface area contributed by atoms with Crippen LogP contribution in [-0.4, -0.2) is 43.7 Å². The largest absolute Gasteiger partial charge is 0.368 e. The number of likely N-dealkylation sites (N-methyl/N-ethyl adjacent to an activating group) is 1. The number of halogens is 1. The molecule has 0 radical (unpaired) electrons. The van der Waals surface area contributed by atoms with Crippen LogP contribution in [0.5, 0.6) is 0 Å². The van der Waals surface area contributed by atoms with Crippen LogP contribution in [0.15, 0.2) is 18.2 Å². The number of anilines is 1. The minimum absolute atomic E-state index is 0.115. The van der Waals surface area contributed by atoms with E-state index in [0.717, 1.165) is 50.3 Å². The van der Waals surface area contributed by atoms with Crippen molar-refractivity contribution in [1.29, 1.82) is 0 Å². The lowest BCUT2D eigenvalue weighted by molar-refractivity contribution is 0.232. The molecule has 2 rings (SSSR count). The summed E-state index contributed by atoms with van der Waals surface area (Å²) in [6.07, 6.45) is 1.85. The van der Waals surface area contributed by atoms with Crippen LogP contribution in [0.4, 0.5) is 10.1 Å². The summed E-state index contributed by atoms with van der Waals surface area (Å²) in [6, 6.07) is 6.08. The molecule has 1 aliphatic heterocycles. The molecule has 1 saturated heterocycles. The van der Waals surface area contributed by atoms with Crippen LogP contribution in [0.1, 0.15) is 25.8 Å². The minimum Gasteiger partial charge on any atom is -0.368 e. The van der Waals surface area contributed by atoms with E-state index in [1.807, 2.05) is 12.1 Å². The van der Waals surface area contributed by atoms with E-state index in [0.29, 0.717) is 12.6 Å². The summed E-state index contributed by atoms with van der Waals surface area (Å²) in [4.78, 5) is 4.63.